The number of hydrogen-bond acceptors (Lipinski definition) is 7. The second-order valence-electron chi connectivity index (χ2n) is 5.80. The summed E-state index contributed by atoms with van der Waals surface area (Å²) in [7, 11) is 3.93. The number of benzene rings is 2. The van der Waals surface area contributed by atoms with Crippen molar-refractivity contribution in [2.45, 2.75) is 0 Å². The Morgan fingerprint density at radius 1 is 1.10 bits per heavy atom. The number of nitro groups is 1. The van der Waals surface area contributed by atoms with Gasteiger partial charge in [-0.15, -0.1) is 0 Å². The van der Waals surface area contributed by atoms with E-state index in [1.807, 2.05) is 6.07 Å². The van der Waals surface area contributed by atoms with Crippen molar-refractivity contribution in [1.82, 2.24) is 10.2 Å². The quantitative estimate of drug-likeness (QED) is 0.462. The van der Waals surface area contributed by atoms with E-state index < -0.39 is 16.5 Å². The van der Waals surface area contributed by atoms with Gasteiger partial charge in [-0.05, 0) is 18.2 Å². The summed E-state index contributed by atoms with van der Waals surface area (Å²) in [5.41, 5.74) is 1.26. The third kappa shape index (κ3) is 3.81. The van der Waals surface area contributed by atoms with Crippen molar-refractivity contribution in [3.63, 3.8) is 0 Å². The fourth-order valence-electron chi connectivity index (χ4n) is 2.87. The summed E-state index contributed by atoms with van der Waals surface area (Å²) < 4.78 is 15.5. The monoisotopic (exact) mass is 398 g/mol. The van der Waals surface area contributed by atoms with E-state index in [-0.39, 0.29) is 22.8 Å². The molecule has 0 bridgehead atoms. The second-order valence-corrected chi connectivity index (χ2v) is 5.80. The van der Waals surface area contributed by atoms with E-state index in [2.05, 4.69) is 15.5 Å². The van der Waals surface area contributed by atoms with Crippen LogP contribution in [0.15, 0.2) is 42.6 Å². The number of nitrogens with zero attached hydrogens (tertiary/aromatic N) is 2. The van der Waals surface area contributed by atoms with Crippen LogP contribution in [0.3, 0.4) is 0 Å². The van der Waals surface area contributed by atoms with E-state index in [1.54, 1.807) is 30.5 Å². The molecule has 0 aliphatic carbocycles. The molecule has 1 heterocycles. The van der Waals surface area contributed by atoms with Crippen molar-refractivity contribution < 1.29 is 23.9 Å². The van der Waals surface area contributed by atoms with Crippen LogP contribution in [0, 0.1) is 10.1 Å². The predicted octanol–water partition coefficient (Wildman–Crippen LogP) is 3.26. The average Bonchev–Trinajstić information content (AvgIpc) is 3.26. The van der Waals surface area contributed by atoms with Crippen LogP contribution in [0.5, 0.6) is 17.2 Å². The van der Waals surface area contributed by atoms with Gasteiger partial charge in [0.1, 0.15) is 5.56 Å². The van der Waals surface area contributed by atoms with E-state index in [0.717, 1.165) is 11.3 Å². The van der Waals surface area contributed by atoms with E-state index in [1.165, 1.54) is 27.4 Å². The summed E-state index contributed by atoms with van der Waals surface area (Å²) >= 11 is 0. The highest BCUT2D eigenvalue weighted by Crippen LogP contribution is 2.46. The zero-order valence-electron chi connectivity index (χ0n) is 15.9. The Bertz CT molecular complexity index is 1050. The number of methoxy groups -OCH3 is 3. The number of aromatic nitrogens is 2. The summed E-state index contributed by atoms with van der Waals surface area (Å²) in [5, 5.41) is 21.1. The van der Waals surface area contributed by atoms with Crippen LogP contribution in [0.2, 0.25) is 0 Å². The minimum absolute atomic E-state index is 0.0273. The summed E-state index contributed by atoms with van der Waals surface area (Å²) in [4.78, 5) is 23.9. The fraction of sp³-hybridized carbons (Fsp3) is 0.158. The Hall–Kier alpha value is -4.08. The van der Waals surface area contributed by atoms with Gasteiger partial charge in [-0.3, -0.25) is 20.0 Å². The highest BCUT2D eigenvalue weighted by Gasteiger charge is 2.32. The number of aromatic amines is 1. The van der Waals surface area contributed by atoms with Crippen molar-refractivity contribution in [1.29, 1.82) is 0 Å². The Balaban J connectivity index is 2.03. The molecule has 2 aromatic carbocycles. The molecule has 0 unspecified atom stereocenters. The second kappa shape index (κ2) is 8.30. The lowest BCUT2D eigenvalue weighted by atomic mass is 10.1. The number of amides is 1. The number of ether oxygens (including phenoxy) is 3. The first kappa shape index (κ1) is 19.7. The summed E-state index contributed by atoms with van der Waals surface area (Å²) in [6.45, 7) is 0. The molecule has 10 heteroatoms. The van der Waals surface area contributed by atoms with Gasteiger partial charge in [-0.25, -0.2) is 0 Å². The normalized spacial score (nSPS) is 10.3. The van der Waals surface area contributed by atoms with Gasteiger partial charge in [0.15, 0.2) is 5.75 Å². The van der Waals surface area contributed by atoms with Gasteiger partial charge in [0.25, 0.3) is 5.91 Å². The topological polar surface area (TPSA) is 129 Å². The third-order valence-corrected chi connectivity index (χ3v) is 4.16. The van der Waals surface area contributed by atoms with Crippen molar-refractivity contribution in [3.05, 3.63) is 58.3 Å². The van der Waals surface area contributed by atoms with Crippen LogP contribution in [-0.4, -0.2) is 42.4 Å². The first-order valence-corrected chi connectivity index (χ1v) is 8.38. The van der Waals surface area contributed by atoms with Gasteiger partial charge >= 0.3 is 5.69 Å². The fourth-order valence-corrected chi connectivity index (χ4v) is 2.87. The number of carbonyl (C=O) groups excluding carboxylic acids is 1. The summed E-state index contributed by atoms with van der Waals surface area (Å²) in [5.74, 6) is -0.739. The largest absolute Gasteiger partial charge is 0.493 e. The molecule has 0 aliphatic heterocycles. The number of rotatable bonds is 7. The lowest BCUT2D eigenvalue weighted by Gasteiger charge is -2.15. The highest BCUT2D eigenvalue weighted by molar-refractivity contribution is 6.08. The van der Waals surface area contributed by atoms with Crippen LogP contribution < -0.4 is 19.5 Å². The smallest absolute Gasteiger partial charge is 0.327 e. The first-order chi connectivity index (χ1) is 14.0. The molecule has 0 spiro atoms. The van der Waals surface area contributed by atoms with Crippen molar-refractivity contribution in [3.8, 4) is 28.5 Å². The Labute approximate surface area is 165 Å². The predicted molar refractivity (Wildman–Crippen MR) is 105 cm³/mol. The number of H-pyrrole nitrogens is 1. The number of nitrogens with one attached hydrogen (secondary N) is 2. The molecule has 0 atom stereocenters. The zero-order chi connectivity index (χ0) is 21.0. The molecule has 10 nitrogen and oxygen atoms in total. The van der Waals surface area contributed by atoms with Gasteiger partial charge < -0.3 is 19.5 Å². The van der Waals surface area contributed by atoms with Crippen LogP contribution in [-0.2, 0) is 0 Å². The molecular weight excluding hydrogens is 380 g/mol. The van der Waals surface area contributed by atoms with Crippen molar-refractivity contribution in [2.24, 2.45) is 0 Å². The van der Waals surface area contributed by atoms with Gasteiger partial charge in [0.2, 0.25) is 11.5 Å². The zero-order valence-corrected chi connectivity index (χ0v) is 15.9. The van der Waals surface area contributed by atoms with Crippen LogP contribution in [0.25, 0.3) is 11.3 Å². The molecule has 0 saturated heterocycles. The molecular formula is C19H18N4O6. The molecule has 1 amide bonds. The standard InChI is InChI=1S/C19H18N4O6/c1-27-15-10-13(16(23(25)26)18(29-3)17(15)28-2)19(24)21-12-6-4-5-11(9-12)14-7-8-20-22-14/h4-10H,1-3H3,(H,20,22)(H,21,24). The minimum Gasteiger partial charge on any atom is -0.493 e. The molecule has 0 aliphatic rings. The maximum Gasteiger partial charge on any atom is 0.327 e. The SMILES string of the molecule is COc1cc(C(=O)Nc2cccc(-c3ccn[nH]3)c2)c([N+](=O)[O-])c(OC)c1OC. The van der Waals surface area contributed by atoms with Crippen molar-refractivity contribution >= 4 is 17.3 Å². The Morgan fingerprint density at radius 3 is 2.45 bits per heavy atom. The highest BCUT2D eigenvalue weighted by atomic mass is 16.6. The molecule has 0 fully saturated rings. The minimum atomic E-state index is -0.698. The van der Waals surface area contributed by atoms with Gasteiger partial charge in [0, 0.05) is 23.5 Å². The number of hydrogen-bond donors (Lipinski definition) is 2. The summed E-state index contributed by atoms with van der Waals surface area (Å²) in [6.07, 6.45) is 1.61. The molecule has 150 valence electrons. The molecule has 3 aromatic rings. The molecule has 2 N–H and O–H groups in total. The molecule has 0 saturated carbocycles. The lowest BCUT2D eigenvalue weighted by Crippen LogP contribution is -2.15. The van der Waals surface area contributed by atoms with Crippen molar-refractivity contribution in [2.75, 3.05) is 26.6 Å². The molecule has 3 rings (SSSR count). The average molecular weight is 398 g/mol. The number of carbonyl (C=O) groups is 1. The number of anilines is 1. The van der Waals surface area contributed by atoms with Gasteiger partial charge in [-0.2, -0.15) is 5.10 Å². The lowest BCUT2D eigenvalue weighted by molar-refractivity contribution is -0.386. The maximum absolute atomic E-state index is 12.9. The van der Waals surface area contributed by atoms with E-state index in [9.17, 15) is 14.9 Å². The molecule has 29 heavy (non-hydrogen) atoms. The van der Waals surface area contributed by atoms with Gasteiger partial charge in [-0.1, -0.05) is 12.1 Å². The Kier molecular flexibility index (Phi) is 5.63. The molecule has 1 aromatic heterocycles. The van der Waals surface area contributed by atoms with Crippen LogP contribution >= 0.6 is 0 Å². The van der Waals surface area contributed by atoms with Crippen LogP contribution in [0.1, 0.15) is 10.4 Å². The summed E-state index contributed by atoms with van der Waals surface area (Å²) in [6, 6.07) is 10.00. The van der Waals surface area contributed by atoms with Crippen LogP contribution in [0.4, 0.5) is 11.4 Å². The number of nitro benzene ring substituents is 1. The maximum atomic E-state index is 12.9. The van der Waals surface area contributed by atoms with Gasteiger partial charge in [0.05, 0.1) is 31.9 Å². The first-order valence-electron chi connectivity index (χ1n) is 8.38. The van der Waals surface area contributed by atoms with E-state index in [0.29, 0.717) is 5.69 Å². The molecule has 0 radical (unpaired) electrons. The third-order valence-electron chi connectivity index (χ3n) is 4.16. The van der Waals surface area contributed by atoms with E-state index >= 15 is 0 Å². The van der Waals surface area contributed by atoms with E-state index in [4.69, 9.17) is 14.2 Å². The Morgan fingerprint density at radius 2 is 1.86 bits per heavy atom.